The van der Waals surface area contributed by atoms with Gasteiger partial charge in [-0.1, -0.05) is 6.07 Å². The fourth-order valence-electron chi connectivity index (χ4n) is 3.48. The molecule has 1 amide bonds. The average Bonchev–Trinajstić information content (AvgIpc) is 2.54. The number of hydrogen-bond donors (Lipinski definition) is 2. The summed E-state index contributed by atoms with van der Waals surface area (Å²) in [7, 11) is 0. The highest BCUT2D eigenvalue weighted by atomic mass is 16.4. The van der Waals surface area contributed by atoms with Crippen molar-refractivity contribution in [2.75, 3.05) is 25.0 Å². The van der Waals surface area contributed by atoms with Gasteiger partial charge < -0.3 is 15.3 Å². The maximum absolute atomic E-state index is 11.9. The van der Waals surface area contributed by atoms with Gasteiger partial charge in [0.2, 0.25) is 5.91 Å². The van der Waals surface area contributed by atoms with Crippen LogP contribution in [0, 0.1) is 5.92 Å². The summed E-state index contributed by atoms with van der Waals surface area (Å²) in [5, 5.41) is 12.1. The third kappa shape index (κ3) is 4.00. The van der Waals surface area contributed by atoms with Crippen LogP contribution in [-0.4, -0.2) is 46.5 Å². The van der Waals surface area contributed by atoms with Gasteiger partial charge in [0.25, 0.3) is 0 Å². The lowest BCUT2D eigenvalue weighted by Crippen LogP contribution is -2.41. The Kier molecular flexibility index (Phi) is 4.79. The van der Waals surface area contributed by atoms with Crippen molar-refractivity contribution in [3.05, 3.63) is 23.4 Å². The molecule has 124 valence electrons. The molecule has 1 fully saturated rings. The first-order valence-electron chi connectivity index (χ1n) is 8.34. The van der Waals surface area contributed by atoms with Gasteiger partial charge in [-0.05, 0) is 49.7 Å². The number of amides is 1. The summed E-state index contributed by atoms with van der Waals surface area (Å²) in [6, 6.07) is 4.24. The molecular weight excluding hydrogens is 294 g/mol. The number of carbonyl (C=O) groups is 2. The van der Waals surface area contributed by atoms with Crippen molar-refractivity contribution in [3.8, 4) is 0 Å². The Labute approximate surface area is 135 Å². The van der Waals surface area contributed by atoms with Gasteiger partial charge in [0.15, 0.2) is 0 Å². The molecule has 0 saturated carbocycles. The second kappa shape index (κ2) is 6.98. The number of aliphatic carboxylic acids is 1. The lowest BCUT2D eigenvalue weighted by atomic mass is 9.92. The van der Waals surface area contributed by atoms with Gasteiger partial charge in [-0.15, -0.1) is 0 Å². The number of rotatable bonds is 4. The highest BCUT2D eigenvalue weighted by Crippen LogP contribution is 2.24. The molecule has 2 aliphatic rings. The van der Waals surface area contributed by atoms with Crippen LogP contribution in [0.2, 0.25) is 0 Å². The summed E-state index contributed by atoms with van der Waals surface area (Å²) in [6.45, 7) is 2.28. The van der Waals surface area contributed by atoms with E-state index in [0.717, 1.165) is 50.2 Å². The molecule has 0 aliphatic carbocycles. The number of nitrogens with one attached hydrogen (secondary N) is 1. The van der Waals surface area contributed by atoms with Crippen LogP contribution in [0.5, 0.6) is 0 Å². The number of piperidine rings is 1. The number of hydrogen-bond acceptors (Lipinski definition) is 4. The summed E-state index contributed by atoms with van der Waals surface area (Å²) < 4.78 is 0. The molecule has 3 heterocycles. The van der Waals surface area contributed by atoms with Crippen LogP contribution in [-0.2, 0) is 22.4 Å². The number of likely N-dealkylation sites (tertiary alicyclic amines) is 1. The van der Waals surface area contributed by atoms with Gasteiger partial charge in [-0.3, -0.25) is 9.59 Å². The number of nitrogens with zero attached hydrogens (tertiary/aromatic N) is 2. The molecule has 2 N–H and O–H groups in total. The quantitative estimate of drug-likeness (QED) is 0.826. The molecule has 6 heteroatoms. The summed E-state index contributed by atoms with van der Waals surface area (Å²) in [6.07, 6.45) is 4.65. The van der Waals surface area contributed by atoms with Crippen LogP contribution in [0.3, 0.4) is 0 Å². The SMILES string of the molecule is O=C(O)CC(=O)N1CCCC(Cc2ccc3c(n2)NCCC3)C1. The largest absolute Gasteiger partial charge is 0.481 e. The Hall–Kier alpha value is -2.11. The Bertz CT molecular complexity index is 603. The molecule has 0 radical (unpaired) electrons. The molecule has 2 aliphatic heterocycles. The van der Waals surface area contributed by atoms with Crippen molar-refractivity contribution >= 4 is 17.7 Å². The second-order valence-corrected chi connectivity index (χ2v) is 6.46. The number of carbonyl (C=O) groups excluding carboxylic acids is 1. The van der Waals surface area contributed by atoms with Gasteiger partial charge in [-0.25, -0.2) is 4.98 Å². The number of aromatic nitrogens is 1. The zero-order valence-corrected chi connectivity index (χ0v) is 13.3. The van der Waals surface area contributed by atoms with Gasteiger partial charge in [0.1, 0.15) is 12.2 Å². The standard InChI is InChI=1S/C17H23N3O3/c21-15(10-16(22)23)20-8-2-3-12(11-20)9-14-6-5-13-4-1-7-18-17(13)19-14/h5-6,12H,1-4,7-11H2,(H,18,19)(H,22,23). The lowest BCUT2D eigenvalue weighted by molar-refractivity contribution is -0.145. The predicted octanol–water partition coefficient (Wildman–Crippen LogP) is 1.70. The molecule has 0 aromatic carbocycles. The fraction of sp³-hybridized carbons (Fsp3) is 0.588. The van der Waals surface area contributed by atoms with E-state index in [1.54, 1.807) is 4.90 Å². The van der Waals surface area contributed by atoms with E-state index in [-0.39, 0.29) is 5.91 Å². The fourth-order valence-corrected chi connectivity index (χ4v) is 3.48. The zero-order chi connectivity index (χ0) is 16.2. The third-order valence-corrected chi connectivity index (χ3v) is 4.62. The van der Waals surface area contributed by atoms with Gasteiger partial charge in [0, 0.05) is 25.3 Å². The minimum atomic E-state index is -1.06. The number of anilines is 1. The first-order chi connectivity index (χ1) is 11.1. The Morgan fingerprint density at radius 2 is 2.22 bits per heavy atom. The van der Waals surface area contributed by atoms with Gasteiger partial charge in [-0.2, -0.15) is 0 Å². The topological polar surface area (TPSA) is 82.5 Å². The molecule has 1 atom stereocenters. The minimum absolute atomic E-state index is 0.276. The van der Waals surface area contributed by atoms with Crippen LogP contribution in [0.4, 0.5) is 5.82 Å². The Morgan fingerprint density at radius 1 is 1.35 bits per heavy atom. The maximum Gasteiger partial charge on any atom is 0.312 e. The molecule has 6 nitrogen and oxygen atoms in total. The van der Waals surface area contributed by atoms with E-state index in [4.69, 9.17) is 10.1 Å². The minimum Gasteiger partial charge on any atom is -0.481 e. The van der Waals surface area contributed by atoms with Crippen LogP contribution >= 0.6 is 0 Å². The number of carboxylic acid groups (broad SMARTS) is 1. The molecule has 1 unspecified atom stereocenters. The molecule has 23 heavy (non-hydrogen) atoms. The zero-order valence-electron chi connectivity index (χ0n) is 13.3. The van der Waals surface area contributed by atoms with Crippen molar-refractivity contribution < 1.29 is 14.7 Å². The van der Waals surface area contributed by atoms with Crippen LogP contribution in [0.25, 0.3) is 0 Å². The highest BCUT2D eigenvalue weighted by molar-refractivity contribution is 5.93. The van der Waals surface area contributed by atoms with E-state index < -0.39 is 12.4 Å². The van der Waals surface area contributed by atoms with Crippen molar-refractivity contribution in [1.82, 2.24) is 9.88 Å². The Morgan fingerprint density at radius 3 is 3.04 bits per heavy atom. The Balaban J connectivity index is 1.61. The van der Waals surface area contributed by atoms with E-state index in [1.165, 1.54) is 5.56 Å². The highest BCUT2D eigenvalue weighted by Gasteiger charge is 2.25. The molecule has 3 rings (SSSR count). The lowest BCUT2D eigenvalue weighted by Gasteiger charge is -2.32. The van der Waals surface area contributed by atoms with Crippen molar-refractivity contribution in [2.45, 2.75) is 38.5 Å². The van der Waals surface area contributed by atoms with E-state index in [9.17, 15) is 9.59 Å². The summed E-state index contributed by atoms with van der Waals surface area (Å²) in [5.74, 6) is 0.0285. The summed E-state index contributed by atoms with van der Waals surface area (Å²) in [4.78, 5) is 29.0. The first-order valence-corrected chi connectivity index (χ1v) is 8.34. The van der Waals surface area contributed by atoms with Crippen molar-refractivity contribution in [1.29, 1.82) is 0 Å². The maximum atomic E-state index is 11.9. The molecule has 1 aromatic heterocycles. The number of fused-ring (bicyclic) bond motifs is 1. The normalized spacial score (nSPS) is 20.5. The summed E-state index contributed by atoms with van der Waals surface area (Å²) in [5.41, 5.74) is 2.33. The van der Waals surface area contributed by atoms with Crippen LogP contribution < -0.4 is 5.32 Å². The number of pyridine rings is 1. The smallest absolute Gasteiger partial charge is 0.312 e. The molecule has 1 aromatic rings. The number of carboxylic acids is 1. The van der Waals surface area contributed by atoms with Gasteiger partial charge >= 0.3 is 5.97 Å². The number of aryl methyl sites for hydroxylation is 1. The summed E-state index contributed by atoms with van der Waals surface area (Å²) >= 11 is 0. The monoisotopic (exact) mass is 317 g/mol. The van der Waals surface area contributed by atoms with Crippen LogP contribution in [0.15, 0.2) is 12.1 Å². The molecular formula is C17H23N3O3. The van der Waals surface area contributed by atoms with E-state index in [2.05, 4.69) is 17.4 Å². The van der Waals surface area contributed by atoms with Crippen molar-refractivity contribution in [3.63, 3.8) is 0 Å². The van der Waals surface area contributed by atoms with E-state index in [0.29, 0.717) is 19.0 Å². The van der Waals surface area contributed by atoms with Crippen LogP contribution in [0.1, 0.15) is 36.9 Å². The van der Waals surface area contributed by atoms with Crippen molar-refractivity contribution in [2.24, 2.45) is 5.92 Å². The molecule has 0 spiro atoms. The predicted molar refractivity (Wildman–Crippen MR) is 86.3 cm³/mol. The van der Waals surface area contributed by atoms with E-state index >= 15 is 0 Å². The van der Waals surface area contributed by atoms with E-state index in [1.807, 2.05) is 0 Å². The third-order valence-electron chi connectivity index (χ3n) is 4.62. The average molecular weight is 317 g/mol. The van der Waals surface area contributed by atoms with Gasteiger partial charge in [0.05, 0.1) is 0 Å². The molecule has 0 bridgehead atoms. The molecule has 1 saturated heterocycles. The second-order valence-electron chi connectivity index (χ2n) is 6.46. The first kappa shape index (κ1) is 15.8.